The summed E-state index contributed by atoms with van der Waals surface area (Å²) in [6, 6.07) is 31.9. The molecular weight excluding hydrogens is 562 g/mol. The molecule has 7 nitrogen and oxygen atoms in total. The van der Waals surface area contributed by atoms with Gasteiger partial charge in [-0.1, -0.05) is 78.9 Å². The summed E-state index contributed by atoms with van der Waals surface area (Å²) in [4.78, 5) is 25.0. The highest BCUT2D eigenvalue weighted by atomic mass is 32.2. The van der Waals surface area contributed by atoms with E-state index in [-0.39, 0.29) is 43.0 Å². The molecule has 0 aromatic heterocycles. The van der Waals surface area contributed by atoms with Gasteiger partial charge in [-0.3, -0.25) is 9.59 Å². The standard InChI is InChI=1S/C35H35NO6S/c1-23(39)27-9-6-12-30(20-27)36-34(40)28-10-5-11-29(19-28)35-41-31(22-43-18-17-37)32(25-7-3-2-4-8-25)33(42-35)26-15-13-24(21-38)14-16-26/h2-16,19-20,31-33,35,37-38H,17-18,21-22H2,1H3,(H,36,40)/t31-,32-,33+,35?/m1/s1. The number of aliphatic hydroxyl groups excluding tert-OH is 2. The Morgan fingerprint density at radius 2 is 1.51 bits per heavy atom. The number of hydrogen-bond donors (Lipinski definition) is 3. The van der Waals surface area contributed by atoms with Gasteiger partial charge in [-0.2, -0.15) is 11.8 Å². The van der Waals surface area contributed by atoms with Crippen molar-refractivity contribution < 1.29 is 29.3 Å². The van der Waals surface area contributed by atoms with Crippen LogP contribution in [-0.4, -0.2) is 46.1 Å². The number of carbonyl (C=O) groups is 2. The summed E-state index contributed by atoms with van der Waals surface area (Å²) in [5.74, 6) is 0.697. The first kappa shape index (κ1) is 30.7. The predicted octanol–water partition coefficient (Wildman–Crippen LogP) is 6.30. The zero-order valence-electron chi connectivity index (χ0n) is 23.9. The van der Waals surface area contributed by atoms with Crippen LogP contribution in [0.25, 0.3) is 0 Å². The van der Waals surface area contributed by atoms with Gasteiger partial charge in [0.1, 0.15) is 0 Å². The molecule has 0 aliphatic carbocycles. The van der Waals surface area contributed by atoms with E-state index in [1.807, 2.05) is 48.5 Å². The first-order valence-corrected chi connectivity index (χ1v) is 15.4. The molecule has 1 aliphatic heterocycles. The van der Waals surface area contributed by atoms with Crippen molar-refractivity contribution in [3.63, 3.8) is 0 Å². The molecule has 1 heterocycles. The molecule has 5 rings (SSSR count). The van der Waals surface area contributed by atoms with E-state index in [2.05, 4.69) is 17.4 Å². The van der Waals surface area contributed by atoms with Gasteiger partial charge in [0.05, 0.1) is 25.4 Å². The minimum atomic E-state index is -0.754. The summed E-state index contributed by atoms with van der Waals surface area (Å²) < 4.78 is 13.4. The van der Waals surface area contributed by atoms with Gasteiger partial charge in [-0.05, 0) is 47.9 Å². The lowest BCUT2D eigenvalue weighted by molar-refractivity contribution is -0.255. The van der Waals surface area contributed by atoms with E-state index in [0.717, 1.165) is 16.7 Å². The van der Waals surface area contributed by atoms with Gasteiger partial charge >= 0.3 is 0 Å². The number of benzene rings is 4. The van der Waals surface area contributed by atoms with Crippen molar-refractivity contribution in [2.24, 2.45) is 0 Å². The SMILES string of the molecule is CC(=O)c1cccc(NC(=O)c2cccc(C3O[C@H](CSCCO)[C@@H](c4ccccc4)[C@H](c4ccc(CO)cc4)O3)c2)c1. The van der Waals surface area contributed by atoms with Crippen LogP contribution in [0.5, 0.6) is 0 Å². The Morgan fingerprint density at radius 3 is 2.23 bits per heavy atom. The third-order valence-electron chi connectivity index (χ3n) is 7.44. The van der Waals surface area contributed by atoms with Crippen LogP contribution >= 0.6 is 11.8 Å². The normalized spacial score (nSPS) is 20.0. The van der Waals surface area contributed by atoms with Gasteiger partial charge in [-0.25, -0.2) is 0 Å². The molecule has 4 aromatic carbocycles. The highest BCUT2D eigenvalue weighted by Crippen LogP contribution is 2.47. The molecule has 0 spiro atoms. The van der Waals surface area contributed by atoms with Crippen molar-refractivity contribution in [3.05, 3.63) is 137 Å². The van der Waals surface area contributed by atoms with Crippen LogP contribution in [0.1, 0.15) is 68.2 Å². The number of rotatable bonds is 11. The fourth-order valence-electron chi connectivity index (χ4n) is 5.26. The topological polar surface area (TPSA) is 105 Å². The first-order chi connectivity index (χ1) is 21.0. The number of anilines is 1. The predicted molar refractivity (Wildman–Crippen MR) is 168 cm³/mol. The number of amides is 1. The number of nitrogens with one attached hydrogen (secondary N) is 1. The number of ether oxygens (including phenoxy) is 2. The first-order valence-electron chi connectivity index (χ1n) is 14.2. The lowest BCUT2D eigenvalue weighted by atomic mass is 9.84. The van der Waals surface area contributed by atoms with Crippen LogP contribution in [0, 0.1) is 0 Å². The summed E-state index contributed by atoms with van der Waals surface area (Å²) in [6.07, 6.45) is -1.39. The number of Topliss-reactive ketones (excluding diaryl/α,β-unsaturated/α-hetero) is 1. The number of thioether (sulfide) groups is 1. The Hall–Kier alpha value is -3.79. The average molecular weight is 598 g/mol. The van der Waals surface area contributed by atoms with E-state index in [4.69, 9.17) is 9.47 Å². The smallest absolute Gasteiger partial charge is 0.255 e. The molecule has 1 unspecified atom stereocenters. The molecule has 4 aromatic rings. The van der Waals surface area contributed by atoms with Crippen molar-refractivity contribution >= 4 is 29.1 Å². The fraction of sp³-hybridized carbons (Fsp3) is 0.257. The molecular formula is C35H35NO6S. The Labute approximate surface area is 255 Å². The van der Waals surface area contributed by atoms with Crippen LogP contribution in [0.2, 0.25) is 0 Å². The molecule has 0 saturated carbocycles. The molecule has 43 heavy (non-hydrogen) atoms. The van der Waals surface area contributed by atoms with Gasteiger partial charge in [0.25, 0.3) is 5.91 Å². The molecule has 0 bridgehead atoms. The zero-order chi connectivity index (χ0) is 30.2. The average Bonchev–Trinajstić information content (AvgIpc) is 3.05. The quantitative estimate of drug-likeness (QED) is 0.138. The van der Waals surface area contributed by atoms with Crippen LogP contribution in [-0.2, 0) is 16.1 Å². The molecule has 3 N–H and O–H groups in total. The van der Waals surface area contributed by atoms with E-state index in [9.17, 15) is 19.8 Å². The van der Waals surface area contributed by atoms with Crippen molar-refractivity contribution in [2.75, 3.05) is 23.4 Å². The summed E-state index contributed by atoms with van der Waals surface area (Å²) >= 11 is 1.62. The lowest BCUT2D eigenvalue weighted by Crippen LogP contribution is -2.38. The van der Waals surface area contributed by atoms with Crippen molar-refractivity contribution in [3.8, 4) is 0 Å². The maximum atomic E-state index is 13.2. The minimum Gasteiger partial charge on any atom is -0.396 e. The third-order valence-corrected chi connectivity index (χ3v) is 8.47. The van der Waals surface area contributed by atoms with Crippen molar-refractivity contribution in [2.45, 2.75) is 37.9 Å². The van der Waals surface area contributed by atoms with E-state index in [0.29, 0.717) is 33.9 Å². The Morgan fingerprint density at radius 1 is 0.791 bits per heavy atom. The number of ketones is 1. The van der Waals surface area contributed by atoms with E-state index < -0.39 is 6.29 Å². The number of carbonyl (C=O) groups excluding carboxylic acids is 2. The Bertz CT molecular complexity index is 1530. The number of aliphatic hydroxyl groups is 2. The molecule has 1 aliphatic rings. The van der Waals surface area contributed by atoms with Gasteiger partial charge in [0, 0.05) is 39.8 Å². The number of hydrogen-bond acceptors (Lipinski definition) is 7. The minimum absolute atomic E-state index is 0.0476. The molecule has 1 saturated heterocycles. The van der Waals surface area contributed by atoms with Gasteiger partial charge < -0.3 is 25.0 Å². The van der Waals surface area contributed by atoms with E-state index >= 15 is 0 Å². The van der Waals surface area contributed by atoms with Crippen LogP contribution in [0.3, 0.4) is 0 Å². The van der Waals surface area contributed by atoms with E-state index in [1.54, 1.807) is 54.2 Å². The van der Waals surface area contributed by atoms with Crippen LogP contribution < -0.4 is 5.32 Å². The summed E-state index contributed by atoms with van der Waals surface area (Å²) in [6.45, 7) is 1.51. The second-order valence-corrected chi connectivity index (χ2v) is 11.6. The summed E-state index contributed by atoms with van der Waals surface area (Å²) in [7, 11) is 0. The molecule has 8 heteroatoms. The highest BCUT2D eigenvalue weighted by Gasteiger charge is 2.41. The zero-order valence-corrected chi connectivity index (χ0v) is 24.7. The maximum Gasteiger partial charge on any atom is 0.255 e. The second-order valence-electron chi connectivity index (χ2n) is 10.4. The van der Waals surface area contributed by atoms with Gasteiger partial charge in [0.2, 0.25) is 0 Å². The Balaban J connectivity index is 1.46. The van der Waals surface area contributed by atoms with E-state index in [1.165, 1.54) is 6.92 Å². The largest absolute Gasteiger partial charge is 0.396 e. The molecule has 1 fully saturated rings. The lowest BCUT2D eigenvalue weighted by Gasteiger charge is -2.43. The monoisotopic (exact) mass is 597 g/mol. The molecule has 1 amide bonds. The molecule has 222 valence electrons. The van der Waals surface area contributed by atoms with Gasteiger partial charge in [-0.15, -0.1) is 0 Å². The van der Waals surface area contributed by atoms with Crippen LogP contribution in [0.15, 0.2) is 103 Å². The summed E-state index contributed by atoms with van der Waals surface area (Å²) in [5.41, 5.74) is 5.02. The second kappa shape index (κ2) is 14.6. The molecule has 0 radical (unpaired) electrons. The summed E-state index contributed by atoms with van der Waals surface area (Å²) in [5, 5.41) is 21.9. The maximum absolute atomic E-state index is 13.2. The highest BCUT2D eigenvalue weighted by molar-refractivity contribution is 7.99. The fourth-order valence-corrected chi connectivity index (χ4v) is 6.08. The van der Waals surface area contributed by atoms with Crippen molar-refractivity contribution in [1.82, 2.24) is 0 Å². The Kier molecular flexibility index (Phi) is 10.4. The van der Waals surface area contributed by atoms with Crippen LogP contribution in [0.4, 0.5) is 5.69 Å². The third kappa shape index (κ3) is 7.60. The van der Waals surface area contributed by atoms with Crippen molar-refractivity contribution in [1.29, 1.82) is 0 Å². The van der Waals surface area contributed by atoms with Gasteiger partial charge in [0.15, 0.2) is 12.1 Å². The molecule has 4 atom stereocenters.